The Bertz CT molecular complexity index is 1950. The molecular weight excluding hydrogens is 574 g/mol. The molecule has 0 radical (unpaired) electrons. The van der Waals surface area contributed by atoms with Crippen molar-refractivity contribution in [3.63, 3.8) is 0 Å². The second-order valence-corrected chi connectivity index (χ2v) is 13.3. The molecule has 2 amide bonds. The van der Waals surface area contributed by atoms with E-state index in [-0.39, 0.29) is 11.8 Å². The van der Waals surface area contributed by atoms with Crippen molar-refractivity contribution in [1.82, 2.24) is 23.9 Å². The lowest BCUT2D eigenvalue weighted by atomic mass is 9.95. The standard InChI is InChI=1S/C38H43N5O3/c1-6-24-9-8-18-42(22-24)38(45)29-19-31-35(33(21-29)46-5)41(4)36(39-31)32-20-28-10-7-11-30(34(28)43(32)23-25-12-13-25)26-14-16-27(17-15-26)37(44)40(2)3/h7,10-11,14-17,19-21,24-25H,6,8-9,12-13,18,22-23H2,1-5H3/t24-/m1/s1. The fraction of sp³-hybridized carbons (Fsp3) is 0.395. The maximum atomic E-state index is 13.7. The smallest absolute Gasteiger partial charge is 0.254 e. The molecule has 0 spiro atoms. The molecule has 1 atom stereocenters. The van der Waals surface area contributed by atoms with Gasteiger partial charge in [-0.25, -0.2) is 4.98 Å². The van der Waals surface area contributed by atoms with Gasteiger partial charge >= 0.3 is 0 Å². The highest BCUT2D eigenvalue weighted by Gasteiger charge is 2.29. The first-order valence-corrected chi connectivity index (χ1v) is 16.6. The molecule has 1 aliphatic carbocycles. The largest absolute Gasteiger partial charge is 0.494 e. The Labute approximate surface area is 270 Å². The molecule has 0 bridgehead atoms. The van der Waals surface area contributed by atoms with E-state index in [0.717, 1.165) is 71.5 Å². The monoisotopic (exact) mass is 617 g/mol. The van der Waals surface area contributed by atoms with Gasteiger partial charge in [-0.05, 0) is 73.4 Å². The topological polar surface area (TPSA) is 72.6 Å². The first kappa shape index (κ1) is 30.1. The molecule has 0 unspecified atom stereocenters. The molecule has 46 heavy (non-hydrogen) atoms. The van der Waals surface area contributed by atoms with E-state index < -0.39 is 0 Å². The number of hydrogen-bond acceptors (Lipinski definition) is 4. The molecule has 1 aliphatic heterocycles. The number of fused-ring (bicyclic) bond motifs is 2. The van der Waals surface area contributed by atoms with E-state index in [0.29, 0.717) is 28.7 Å². The van der Waals surface area contributed by atoms with Gasteiger partial charge in [-0.1, -0.05) is 43.7 Å². The molecule has 3 heterocycles. The van der Waals surface area contributed by atoms with E-state index in [9.17, 15) is 9.59 Å². The van der Waals surface area contributed by atoms with E-state index in [1.165, 1.54) is 24.8 Å². The summed E-state index contributed by atoms with van der Waals surface area (Å²) in [5.74, 6) is 2.73. The quantitative estimate of drug-likeness (QED) is 0.184. The van der Waals surface area contributed by atoms with E-state index in [1.807, 2.05) is 48.3 Å². The Balaban J connectivity index is 1.34. The van der Waals surface area contributed by atoms with E-state index in [2.05, 4.69) is 40.3 Å². The first-order valence-electron chi connectivity index (χ1n) is 16.6. The van der Waals surface area contributed by atoms with Crippen molar-refractivity contribution in [2.75, 3.05) is 34.3 Å². The number of rotatable bonds is 8. The summed E-state index contributed by atoms with van der Waals surface area (Å²) in [6.45, 7) is 4.71. The van der Waals surface area contributed by atoms with Gasteiger partial charge in [0.2, 0.25) is 0 Å². The Kier molecular flexibility index (Phi) is 7.83. The third kappa shape index (κ3) is 5.33. The summed E-state index contributed by atoms with van der Waals surface area (Å²) < 4.78 is 10.4. The summed E-state index contributed by atoms with van der Waals surface area (Å²) in [4.78, 5) is 35.0. The third-order valence-corrected chi connectivity index (χ3v) is 9.92. The number of methoxy groups -OCH3 is 1. The van der Waals surface area contributed by atoms with E-state index >= 15 is 0 Å². The average Bonchev–Trinajstić information content (AvgIpc) is 3.75. The second kappa shape index (κ2) is 12.0. The van der Waals surface area contributed by atoms with Gasteiger partial charge in [0, 0.05) is 62.9 Å². The summed E-state index contributed by atoms with van der Waals surface area (Å²) in [6.07, 6.45) is 5.76. The van der Waals surface area contributed by atoms with Gasteiger partial charge in [-0.2, -0.15) is 0 Å². The SMILES string of the molecule is CC[C@@H]1CCCN(C(=O)c2cc(OC)c3c(c2)nc(-c2cc4cccc(-c5ccc(C(=O)N(C)C)cc5)c4n2CC2CC2)n3C)C1. The van der Waals surface area contributed by atoms with E-state index in [4.69, 9.17) is 9.72 Å². The number of aryl methyl sites for hydroxylation is 1. The number of imidazole rings is 1. The van der Waals surface area contributed by atoms with Crippen LogP contribution in [0.15, 0.2) is 60.7 Å². The fourth-order valence-electron chi connectivity index (χ4n) is 7.13. The normalized spacial score (nSPS) is 16.7. The number of carbonyl (C=O) groups excluding carboxylic acids is 2. The third-order valence-electron chi connectivity index (χ3n) is 9.92. The summed E-state index contributed by atoms with van der Waals surface area (Å²) >= 11 is 0. The molecule has 7 rings (SSSR count). The maximum absolute atomic E-state index is 13.7. The van der Waals surface area contributed by atoms with Crippen molar-refractivity contribution in [2.24, 2.45) is 18.9 Å². The van der Waals surface area contributed by atoms with Crippen LogP contribution in [-0.2, 0) is 13.6 Å². The lowest BCUT2D eigenvalue weighted by Gasteiger charge is -2.32. The Hall–Kier alpha value is -4.59. The molecule has 238 valence electrons. The van der Waals surface area contributed by atoms with Crippen LogP contribution in [-0.4, -0.2) is 70.0 Å². The van der Waals surface area contributed by atoms with Crippen molar-refractivity contribution in [3.05, 3.63) is 71.8 Å². The number of carbonyl (C=O) groups is 2. The first-order chi connectivity index (χ1) is 22.3. The van der Waals surface area contributed by atoms with Crippen molar-refractivity contribution in [2.45, 2.75) is 45.6 Å². The Morgan fingerprint density at radius 1 is 0.957 bits per heavy atom. The van der Waals surface area contributed by atoms with Crippen molar-refractivity contribution in [1.29, 1.82) is 0 Å². The van der Waals surface area contributed by atoms with Crippen molar-refractivity contribution >= 4 is 33.8 Å². The number of likely N-dealkylation sites (tertiary alicyclic amines) is 1. The summed E-state index contributed by atoms with van der Waals surface area (Å²) in [5, 5.41) is 1.15. The highest BCUT2D eigenvalue weighted by atomic mass is 16.5. The highest BCUT2D eigenvalue weighted by Crippen LogP contribution is 2.40. The van der Waals surface area contributed by atoms with Crippen molar-refractivity contribution in [3.8, 4) is 28.4 Å². The van der Waals surface area contributed by atoms with Gasteiger partial charge in [0.1, 0.15) is 11.3 Å². The predicted octanol–water partition coefficient (Wildman–Crippen LogP) is 7.24. The zero-order valence-electron chi connectivity index (χ0n) is 27.5. The number of benzene rings is 3. The summed E-state index contributed by atoms with van der Waals surface area (Å²) in [6, 6.07) is 20.4. The minimum absolute atomic E-state index is 0.00706. The van der Waals surface area contributed by atoms with Crippen molar-refractivity contribution < 1.29 is 14.3 Å². The number of hydrogen-bond donors (Lipinski definition) is 0. The lowest BCUT2D eigenvalue weighted by Crippen LogP contribution is -2.39. The number of piperidine rings is 1. The fourth-order valence-corrected chi connectivity index (χ4v) is 7.13. The van der Waals surface area contributed by atoms with Gasteiger partial charge < -0.3 is 23.7 Å². The van der Waals surface area contributed by atoms with Gasteiger partial charge in [0.15, 0.2) is 5.82 Å². The molecular formula is C38H43N5O3. The minimum atomic E-state index is -0.00706. The van der Waals surface area contributed by atoms with Gasteiger partial charge in [0.25, 0.3) is 11.8 Å². The number of nitrogens with zero attached hydrogens (tertiary/aromatic N) is 5. The molecule has 3 aromatic carbocycles. The molecule has 0 N–H and O–H groups in total. The molecule has 8 nitrogen and oxygen atoms in total. The number of amides is 2. The summed E-state index contributed by atoms with van der Waals surface area (Å²) in [5.41, 5.74) is 7.35. The maximum Gasteiger partial charge on any atom is 0.254 e. The van der Waals surface area contributed by atoms with Crippen LogP contribution in [0.1, 0.15) is 59.7 Å². The molecule has 8 heteroatoms. The Morgan fingerprint density at radius 3 is 2.43 bits per heavy atom. The van der Waals surface area contributed by atoms with Crippen LogP contribution in [0.3, 0.4) is 0 Å². The molecule has 2 aromatic heterocycles. The van der Waals surface area contributed by atoms with Gasteiger partial charge in [-0.3, -0.25) is 9.59 Å². The van der Waals surface area contributed by atoms with Crippen LogP contribution < -0.4 is 4.74 Å². The van der Waals surface area contributed by atoms with Crippen LogP contribution in [0.5, 0.6) is 5.75 Å². The second-order valence-electron chi connectivity index (χ2n) is 13.3. The van der Waals surface area contributed by atoms with Gasteiger partial charge in [0.05, 0.1) is 23.8 Å². The Morgan fingerprint density at radius 2 is 1.74 bits per heavy atom. The molecule has 5 aromatic rings. The minimum Gasteiger partial charge on any atom is -0.494 e. The zero-order chi connectivity index (χ0) is 32.1. The predicted molar refractivity (Wildman–Crippen MR) is 183 cm³/mol. The average molecular weight is 618 g/mol. The number of ether oxygens (including phenoxy) is 1. The van der Waals surface area contributed by atoms with Crippen LogP contribution in [0, 0.1) is 11.8 Å². The molecule has 1 saturated heterocycles. The number of aromatic nitrogens is 3. The molecule has 2 fully saturated rings. The van der Waals surface area contributed by atoms with Crippen LogP contribution in [0.25, 0.3) is 44.6 Å². The molecule has 1 saturated carbocycles. The summed E-state index contributed by atoms with van der Waals surface area (Å²) in [7, 11) is 7.24. The van der Waals surface area contributed by atoms with E-state index in [1.54, 1.807) is 26.1 Å². The molecule has 2 aliphatic rings. The lowest BCUT2D eigenvalue weighted by molar-refractivity contribution is 0.0670. The van der Waals surface area contributed by atoms with Crippen LogP contribution in [0.4, 0.5) is 0 Å². The van der Waals surface area contributed by atoms with Gasteiger partial charge in [-0.15, -0.1) is 0 Å². The van der Waals surface area contributed by atoms with Crippen LogP contribution in [0.2, 0.25) is 0 Å². The number of para-hydroxylation sites is 1. The van der Waals surface area contributed by atoms with Crippen LogP contribution >= 0.6 is 0 Å². The highest BCUT2D eigenvalue weighted by molar-refractivity contribution is 6.02. The zero-order valence-corrected chi connectivity index (χ0v) is 27.5.